The molecule has 0 N–H and O–H groups in total. The highest BCUT2D eigenvalue weighted by Crippen LogP contribution is 2.36. The summed E-state index contributed by atoms with van der Waals surface area (Å²) in [6, 6.07) is 13.0. The molecule has 2 aromatic heterocycles. The molecule has 1 fully saturated rings. The molecule has 4 rings (SSSR count). The molecule has 31 heavy (non-hydrogen) atoms. The molecule has 0 bridgehead atoms. The SMILES string of the molecule is CCN1C(=O)/C(=C\c2ccc(-c3ccc([N+](=O)[O-])cc3)o2)SC1=Nc1cccnc1Cl. The van der Waals surface area contributed by atoms with Crippen LogP contribution in [-0.2, 0) is 4.79 Å². The van der Waals surface area contributed by atoms with Crippen molar-refractivity contribution >= 4 is 51.9 Å². The van der Waals surface area contributed by atoms with Crippen LogP contribution in [0.25, 0.3) is 17.4 Å². The Labute approximate surface area is 186 Å². The quantitative estimate of drug-likeness (QED) is 0.217. The van der Waals surface area contributed by atoms with Crippen LogP contribution in [0.3, 0.4) is 0 Å². The number of rotatable bonds is 5. The van der Waals surface area contributed by atoms with Gasteiger partial charge in [0.2, 0.25) is 0 Å². The third kappa shape index (κ3) is 4.37. The summed E-state index contributed by atoms with van der Waals surface area (Å²) in [6.07, 6.45) is 3.22. The number of aromatic nitrogens is 1. The minimum Gasteiger partial charge on any atom is -0.457 e. The van der Waals surface area contributed by atoms with Crippen LogP contribution >= 0.6 is 23.4 Å². The molecule has 1 aliphatic rings. The van der Waals surface area contributed by atoms with E-state index in [1.165, 1.54) is 23.9 Å². The number of nitro benzene ring substituents is 1. The molecule has 0 spiro atoms. The van der Waals surface area contributed by atoms with Crippen molar-refractivity contribution in [2.75, 3.05) is 6.54 Å². The normalized spacial score (nSPS) is 16.5. The summed E-state index contributed by atoms with van der Waals surface area (Å²) in [6.45, 7) is 2.31. The number of pyridine rings is 1. The maximum atomic E-state index is 12.8. The van der Waals surface area contributed by atoms with E-state index in [1.807, 2.05) is 6.92 Å². The van der Waals surface area contributed by atoms with Crippen molar-refractivity contribution in [3.8, 4) is 11.3 Å². The standard InChI is InChI=1S/C21H15ClN4O4S/c1-2-25-20(27)18(31-21(25)24-16-4-3-11-23-19(16)22)12-15-9-10-17(30-15)13-5-7-14(8-6-13)26(28)29/h3-12H,2H2,1H3/b18-12+,24-21?. The van der Waals surface area contributed by atoms with Crippen LogP contribution in [0.4, 0.5) is 11.4 Å². The lowest BCUT2D eigenvalue weighted by atomic mass is 10.1. The highest BCUT2D eigenvalue weighted by Gasteiger charge is 2.32. The molecular weight excluding hydrogens is 440 g/mol. The molecule has 10 heteroatoms. The summed E-state index contributed by atoms with van der Waals surface area (Å²) in [5.74, 6) is 0.848. The number of nitrogens with zero attached hydrogens (tertiary/aromatic N) is 4. The van der Waals surface area contributed by atoms with Gasteiger partial charge in [0.1, 0.15) is 17.2 Å². The number of hydrogen-bond donors (Lipinski definition) is 0. The maximum Gasteiger partial charge on any atom is 0.269 e. The van der Waals surface area contributed by atoms with Crippen LogP contribution in [0.5, 0.6) is 0 Å². The molecule has 0 atom stereocenters. The first kappa shape index (κ1) is 20.8. The first-order valence-electron chi connectivity index (χ1n) is 9.21. The highest BCUT2D eigenvalue weighted by atomic mass is 35.5. The van der Waals surface area contributed by atoms with Crippen molar-refractivity contribution < 1.29 is 14.1 Å². The Hall–Kier alpha value is -3.43. The smallest absolute Gasteiger partial charge is 0.269 e. The molecule has 3 aromatic rings. The molecule has 1 aromatic carbocycles. The van der Waals surface area contributed by atoms with Crippen molar-refractivity contribution in [1.82, 2.24) is 9.88 Å². The number of non-ortho nitro benzene ring substituents is 1. The summed E-state index contributed by atoms with van der Waals surface area (Å²) in [4.78, 5) is 33.7. The predicted octanol–water partition coefficient (Wildman–Crippen LogP) is 5.53. The summed E-state index contributed by atoms with van der Waals surface area (Å²) < 4.78 is 5.82. The average molecular weight is 455 g/mol. The minimum atomic E-state index is -0.456. The van der Waals surface area contributed by atoms with Crippen LogP contribution < -0.4 is 0 Å². The molecule has 0 unspecified atom stereocenters. The Morgan fingerprint density at radius 1 is 1.26 bits per heavy atom. The number of hydrogen-bond acceptors (Lipinski definition) is 7. The Morgan fingerprint density at radius 3 is 2.71 bits per heavy atom. The number of carbonyl (C=O) groups is 1. The number of amides is 1. The van der Waals surface area contributed by atoms with E-state index in [0.717, 1.165) is 0 Å². The first-order chi connectivity index (χ1) is 15.0. The number of halogens is 1. The van der Waals surface area contributed by atoms with Crippen LogP contribution in [0.1, 0.15) is 12.7 Å². The average Bonchev–Trinajstić information content (AvgIpc) is 3.34. The molecular formula is C21H15ClN4O4S. The maximum absolute atomic E-state index is 12.8. The van der Waals surface area contributed by atoms with Crippen molar-refractivity contribution in [1.29, 1.82) is 0 Å². The Balaban J connectivity index is 1.60. The van der Waals surface area contributed by atoms with E-state index in [9.17, 15) is 14.9 Å². The minimum absolute atomic E-state index is 0.00536. The fraction of sp³-hybridized carbons (Fsp3) is 0.0952. The van der Waals surface area contributed by atoms with Crippen LogP contribution in [0.2, 0.25) is 5.15 Å². The van der Waals surface area contributed by atoms with Gasteiger partial charge in [-0.15, -0.1) is 0 Å². The van der Waals surface area contributed by atoms with Gasteiger partial charge in [-0.1, -0.05) is 11.6 Å². The summed E-state index contributed by atoms with van der Waals surface area (Å²) in [7, 11) is 0. The first-order valence-corrected chi connectivity index (χ1v) is 10.4. The van der Waals surface area contributed by atoms with Gasteiger partial charge in [0.25, 0.3) is 11.6 Å². The van der Waals surface area contributed by atoms with Gasteiger partial charge < -0.3 is 4.42 Å². The summed E-state index contributed by atoms with van der Waals surface area (Å²) in [5.41, 5.74) is 1.19. The van der Waals surface area contributed by atoms with Crippen LogP contribution in [0.15, 0.2) is 69.0 Å². The van der Waals surface area contributed by atoms with Crippen LogP contribution in [0, 0.1) is 10.1 Å². The zero-order chi connectivity index (χ0) is 22.0. The van der Waals surface area contributed by atoms with Gasteiger partial charge in [0.05, 0.1) is 9.83 Å². The molecule has 8 nitrogen and oxygen atoms in total. The second-order valence-electron chi connectivity index (χ2n) is 6.37. The van der Waals surface area contributed by atoms with Gasteiger partial charge >= 0.3 is 0 Å². The van der Waals surface area contributed by atoms with Gasteiger partial charge in [0, 0.05) is 36.5 Å². The van der Waals surface area contributed by atoms with E-state index >= 15 is 0 Å². The van der Waals surface area contributed by atoms with Crippen molar-refractivity contribution in [2.24, 2.45) is 4.99 Å². The van der Waals surface area contributed by atoms with Crippen molar-refractivity contribution in [2.45, 2.75) is 6.92 Å². The number of carbonyl (C=O) groups excluding carboxylic acids is 1. The topological polar surface area (TPSA) is 102 Å². The number of likely N-dealkylation sites (N-methyl/N-ethyl adjacent to an activating group) is 1. The third-order valence-electron chi connectivity index (χ3n) is 4.42. The van der Waals surface area contributed by atoms with Gasteiger partial charge in [-0.2, -0.15) is 0 Å². The number of benzene rings is 1. The number of amidine groups is 1. The monoisotopic (exact) mass is 454 g/mol. The molecule has 0 radical (unpaired) electrons. The molecule has 0 saturated carbocycles. The second-order valence-corrected chi connectivity index (χ2v) is 7.74. The van der Waals surface area contributed by atoms with E-state index in [1.54, 1.807) is 53.6 Å². The Kier molecular flexibility index (Phi) is 5.88. The number of aliphatic imine (C=N–C) groups is 1. The molecule has 156 valence electrons. The largest absolute Gasteiger partial charge is 0.457 e. The van der Waals surface area contributed by atoms with Crippen LogP contribution in [-0.4, -0.2) is 32.4 Å². The van der Waals surface area contributed by atoms with Crippen molar-refractivity contribution in [3.63, 3.8) is 0 Å². The lowest BCUT2D eigenvalue weighted by Crippen LogP contribution is -2.28. The fourth-order valence-electron chi connectivity index (χ4n) is 2.90. The van der Waals surface area contributed by atoms with Gasteiger partial charge in [0.15, 0.2) is 10.3 Å². The zero-order valence-electron chi connectivity index (χ0n) is 16.2. The van der Waals surface area contributed by atoms with E-state index < -0.39 is 4.92 Å². The van der Waals surface area contributed by atoms with Gasteiger partial charge in [-0.05, 0) is 55.1 Å². The number of furan rings is 1. The van der Waals surface area contributed by atoms with E-state index in [4.69, 9.17) is 16.0 Å². The predicted molar refractivity (Wildman–Crippen MR) is 120 cm³/mol. The molecule has 1 aliphatic heterocycles. The Bertz CT molecular complexity index is 1220. The summed E-state index contributed by atoms with van der Waals surface area (Å²) >= 11 is 7.31. The zero-order valence-corrected chi connectivity index (χ0v) is 17.8. The molecule has 0 aliphatic carbocycles. The third-order valence-corrected chi connectivity index (χ3v) is 5.72. The van der Waals surface area contributed by atoms with E-state index in [-0.39, 0.29) is 16.7 Å². The Morgan fingerprint density at radius 2 is 2.03 bits per heavy atom. The summed E-state index contributed by atoms with van der Waals surface area (Å²) in [5, 5.41) is 11.6. The van der Waals surface area contributed by atoms with Gasteiger partial charge in [-0.25, -0.2) is 9.98 Å². The number of thioether (sulfide) groups is 1. The molecule has 1 saturated heterocycles. The van der Waals surface area contributed by atoms with Crippen molar-refractivity contribution in [3.05, 3.63) is 80.7 Å². The lowest BCUT2D eigenvalue weighted by molar-refractivity contribution is -0.384. The molecule has 3 heterocycles. The second kappa shape index (κ2) is 8.75. The fourth-order valence-corrected chi connectivity index (χ4v) is 4.09. The number of nitro groups is 1. The molecule has 1 amide bonds. The van der Waals surface area contributed by atoms with E-state index in [0.29, 0.717) is 39.4 Å². The lowest BCUT2D eigenvalue weighted by Gasteiger charge is -2.12. The van der Waals surface area contributed by atoms with E-state index in [2.05, 4.69) is 9.98 Å². The van der Waals surface area contributed by atoms with Gasteiger partial charge in [-0.3, -0.25) is 19.8 Å². The highest BCUT2D eigenvalue weighted by molar-refractivity contribution is 8.18.